The van der Waals surface area contributed by atoms with Gasteiger partial charge < -0.3 is 11.1 Å². The molecule has 1 heterocycles. The molecule has 4 rings (SSSR count). The number of hydrogen-bond donors (Lipinski definition) is 3. The lowest BCUT2D eigenvalue weighted by molar-refractivity contribution is -0.384. The van der Waals surface area contributed by atoms with Gasteiger partial charge in [0.05, 0.1) is 10.4 Å². The summed E-state index contributed by atoms with van der Waals surface area (Å²) < 4.78 is 0. The van der Waals surface area contributed by atoms with E-state index in [1.54, 1.807) is 6.07 Å². The normalized spacial score (nSPS) is 27.6. The Morgan fingerprint density at radius 2 is 2.00 bits per heavy atom. The number of aromatic nitrogens is 2. The first-order chi connectivity index (χ1) is 12.0. The van der Waals surface area contributed by atoms with E-state index in [1.807, 2.05) is 0 Å². The average Bonchev–Trinajstić information content (AvgIpc) is 2.98. The summed E-state index contributed by atoms with van der Waals surface area (Å²) in [5, 5.41) is 21.5. The quantitative estimate of drug-likeness (QED) is 0.557. The maximum atomic E-state index is 12.8. The van der Waals surface area contributed by atoms with Crippen LogP contribution in [-0.4, -0.2) is 33.1 Å². The Bertz CT molecular complexity index is 825. The van der Waals surface area contributed by atoms with Crippen molar-refractivity contribution in [2.45, 2.75) is 44.2 Å². The molecule has 2 atom stereocenters. The van der Waals surface area contributed by atoms with Crippen LogP contribution in [0.25, 0.3) is 10.9 Å². The van der Waals surface area contributed by atoms with Crippen LogP contribution in [0.15, 0.2) is 18.2 Å². The van der Waals surface area contributed by atoms with Crippen molar-refractivity contribution in [1.29, 1.82) is 0 Å². The zero-order valence-corrected chi connectivity index (χ0v) is 15.0. The van der Waals surface area contributed by atoms with Gasteiger partial charge in [0.2, 0.25) is 0 Å². The van der Waals surface area contributed by atoms with Crippen LogP contribution in [0.2, 0.25) is 0 Å². The highest BCUT2D eigenvalue weighted by Crippen LogP contribution is 2.39. The Balaban J connectivity index is 0.00000196. The fourth-order valence-corrected chi connectivity index (χ4v) is 4.53. The van der Waals surface area contributed by atoms with Crippen molar-refractivity contribution in [1.82, 2.24) is 15.5 Å². The summed E-state index contributed by atoms with van der Waals surface area (Å²) in [4.78, 5) is 23.3. The third-order valence-corrected chi connectivity index (χ3v) is 5.65. The number of H-pyrrole nitrogens is 1. The second kappa shape index (κ2) is 7.20. The van der Waals surface area contributed by atoms with E-state index in [0.29, 0.717) is 22.7 Å². The topological polar surface area (TPSA) is 127 Å². The minimum Gasteiger partial charge on any atom is -0.347 e. The smallest absolute Gasteiger partial charge is 0.272 e. The van der Waals surface area contributed by atoms with Crippen LogP contribution in [0.1, 0.15) is 42.6 Å². The number of halogens is 1. The van der Waals surface area contributed by atoms with Crippen LogP contribution in [-0.2, 0) is 0 Å². The first kappa shape index (κ1) is 18.6. The lowest BCUT2D eigenvalue weighted by Gasteiger charge is -2.45. The van der Waals surface area contributed by atoms with Crippen molar-refractivity contribution in [3.05, 3.63) is 34.0 Å². The minimum absolute atomic E-state index is 0. The third kappa shape index (κ3) is 3.26. The van der Waals surface area contributed by atoms with Gasteiger partial charge >= 0.3 is 0 Å². The number of nitrogens with zero attached hydrogens (tertiary/aromatic N) is 2. The Hall–Kier alpha value is -2.19. The summed E-state index contributed by atoms with van der Waals surface area (Å²) >= 11 is 0. The molecule has 0 aliphatic heterocycles. The predicted octanol–water partition coefficient (Wildman–Crippen LogP) is 2.53. The summed E-state index contributed by atoms with van der Waals surface area (Å²) in [6, 6.07) is 4.70. The molecule has 2 aliphatic carbocycles. The third-order valence-electron chi connectivity index (χ3n) is 5.65. The molecule has 4 N–H and O–H groups in total. The lowest BCUT2D eigenvalue weighted by atomic mass is 9.67. The van der Waals surface area contributed by atoms with Crippen molar-refractivity contribution >= 4 is 34.9 Å². The van der Waals surface area contributed by atoms with E-state index in [-0.39, 0.29) is 41.8 Å². The first-order valence-electron chi connectivity index (χ1n) is 8.72. The molecule has 0 radical (unpaired) electrons. The summed E-state index contributed by atoms with van der Waals surface area (Å²) in [5.74, 6) is 0.543. The number of amides is 1. The highest BCUT2D eigenvalue weighted by atomic mass is 35.5. The molecule has 2 aromatic rings. The van der Waals surface area contributed by atoms with Gasteiger partial charge in [-0.3, -0.25) is 20.0 Å². The number of hydrogen-bond acceptors (Lipinski definition) is 5. The highest BCUT2D eigenvalue weighted by molar-refractivity contribution is 6.05. The van der Waals surface area contributed by atoms with Crippen molar-refractivity contribution in [2.24, 2.45) is 17.6 Å². The maximum absolute atomic E-state index is 12.8. The summed E-state index contributed by atoms with van der Waals surface area (Å²) in [6.45, 7) is 0. The predicted molar refractivity (Wildman–Crippen MR) is 99.3 cm³/mol. The van der Waals surface area contributed by atoms with Crippen LogP contribution in [0.5, 0.6) is 0 Å². The number of nitro groups is 1. The summed E-state index contributed by atoms with van der Waals surface area (Å²) in [5.41, 5.74) is 6.91. The molecule has 8 nitrogen and oxygen atoms in total. The molecule has 2 aliphatic rings. The van der Waals surface area contributed by atoms with Crippen LogP contribution >= 0.6 is 12.4 Å². The molecule has 1 aromatic heterocycles. The molecule has 2 bridgehead atoms. The van der Waals surface area contributed by atoms with E-state index >= 15 is 0 Å². The maximum Gasteiger partial charge on any atom is 0.272 e. The summed E-state index contributed by atoms with van der Waals surface area (Å²) in [7, 11) is 0. The number of carbonyl (C=O) groups excluding carboxylic acids is 1. The van der Waals surface area contributed by atoms with Crippen molar-refractivity contribution in [2.75, 3.05) is 0 Å². The molecule has 1 amide bonds. The molecule has 2 fully saturated rings. The number of benzene rings is 1. The van der Waals surface area contributed by atoms with E-state index in [0.717, 1.165) is 25.7 Å². The van der Waals surface area contributed by atoms with Crippen LogP contribution < -0.4 is 11.1 Å². The molecule has 0 spiro atoms. The highest BCUT2D eigenvalue weighted by Gasteiger charge is 2.40. The van der Waals surface area contributed by atoms with E-state index in [9.17, 15) is 14.9 Å². The molecule has 0 saturated heterocycles. The fourth-order valence-electron chi connectivity index (χ4n) is 4.53. The standard InChI is InChI=1S/C17H21N5O3.ClH/c18-11-6-9-2-1-3-10(7-11)15(9)19-17(23)16-13-8-12(22(24)25)4-5-14(13)20-21-16;/h4-5,8-11,15H,1-3,6-7,18H2,(H,19,23)(H,20,21);1H. The van der Waals surface area contributed by atoms with Crippen molar-refractivity contribution in [3.63, 3.8) is 0 Å². The zero-order chi connectivity index (χ0) is 17.6. The monoisotopic (exact) mass is 379 g/mol. The van der Waals surface area contributed by atoms with Gasteiger partial charge in [-0.2, -0.15) is 5.10 Å². The van der Waals surface area contributed by atoms with Crippen LogP contribution in [0.3, 0.4) is 0 Å². The number of fused-ring (bicyclic) bond motifs is 3. The Kier molecular flexibility index (Phi) is 5.15. The number of rotatable bonds is 3. The SMILES string of the molecule is Cl.NC1CC2CCCC(C1)C2NC(=O)c1n[nH]c2ccc([N+](=O)[O-])cc12. The van der Waals surface area contributed by atoms with Gasteiger partial charge in [0, 0.05) is 29.6 Å². The van der Waals surface area contributed by atoms with Crippen molar-refractivity contribution < 1.29 is 9.72 Å². The van der Waals surface area contributed by atoms with Gasteiger partial charge in [-0.1, -0.05) is 6.42 Å². The number of carbonyl (C=O) groups is 1. The number of non-ortho nitro benzene ring substituents is 1. The average molecular weight is 380 g/mol. The van der Waals surface area contributed by atoms with E-state index in [4.69, 9.17) is 5.73 Å². The Labute approximate surface area is 156 Å². The van der Waals surface area contributed by atoms with Gasteiger partial charge in [-0.05, 0) is 43.6 Å². The van der Waals surface area contributed by atoms with E-state index in [2.05, 4.69) is 15.5 Å². The van der Waals surface area contributed by atoms with Gasteiger partial charge in [0.15, 0.2) is 5.69 Å². The largest absolute Gasteiger partial charge is 0.347 e. The first-order valence-corrected chi connectivity index (χ1v) is 8.72. The molecular weight excluding hydrogens is 358 g/mol. The second-order valence-electron chi connectivity index (χ2n) is 7.24. The van der Waals surface area contributed by atoms with Crippen LogP contribution in [0, 0.1) is 22.0 Å². The Morgan fingerprint density at radius 1 is 1.31 bits per heavy atom. The molecular formula is C17H22ClN5O3. The molecule has 9 heteroatoms. The molecule has 26 heavy (non-hydrogen) atoms. The molecule has 2 unspecified atom stereocenters. The van der Waals surface area contributed by atoms with Gasteiger partial charge in [-0.25, -0.2) is 0 Å². The van der Waals surface area contributed by atoms with E-state index < -0.39 is 4.92 Å². The van der Waals surface area contributed by atoms with Crippen LogP contribution in [0.4, 0.5) is 5.69 Å². The molecule has 1 aromatic carbocycles. The van der Waals surface area contributed by atoms with Gasteiger partial charge in [0.1, 0.15) is 0 Å². The summed E-state index contributed by atoms with van der Waals surface area (Å²) in [6.07, 6.45) is 5.23. The fraction of sp³-hybridized carbons (Fsp3) is 0.529. The molecule has 140 valence electrons. The van der Waals surface area contributed by atoms with E-state index in [1.165, 1.54) is 18.6 Å². The second-order valence-corrected chi connectivity index (χ2v) is 7.24. The zero-order valence-electron chi connectivity index (χ0n) is 14.2. The number of aromatic amines is 1. The molecule has 2 saturated carbocycles. The Morgan fingerprint density at radius 3 is 2.65 bits per heavy atom. The minimum atomic E-state index is -0.471. The number of nitrogens with two attached hydrogens (primary N) is 1. The number of nitrogens with one attached hydrogen (secondary N) is 2. The van der Waals surface area contributed by atoms with Crippen molar-refractivity contribution in [3.8, 4) is 0 Å². The van der Waals surface area contributed by atoms with Gasteiger partial charge in [-0.15, -0.1) is 12.4 Å². The number of nitro benzene ring substituents is 1. The lowest BCUT2D eigenvalue weighted by Crippen LogP contribution is -2.53. The van der Waals surface area contributed by atoms with Gasteiger partial charge in [0.25, 0.3) is 11.6 Å².